The summed E-state index contributed by atoms with van der Waals surface area (Å²) in [6, 6.07) is 2.09. The highest BCUT2D eigenvalue weighted by molar-refractivity contribution is 7.92. The van der Waals surface area contributed by atoms with E-state index in [9.17, 15) is 30.4 Å². The van der Waals surface area contributed by atoms with Crippen molar-refractivity contribution < 1.29 is 30.4 Å². The fourth-order valence-corrected chi connectivity index (χ4v) is 3.32. The predicted octanol–water partition coefficient (Wildman–Crippen LogP) is 2.95. The molecule has 0 saturated heterocycles. The lowest BCUT2D eigenvalue weighted by atomic mass is 9.99. The van der Waals surface area contributed by atoms with Gasteiger partial charge in [-0.05, 0) is 18.6 Å². The first kappa shape index (κ1) is 16.8. The molecule has 0 unspecified atom stereocenters. The summed E-state index contributed by atoms with van der Waals surface area (Å²) < 4.78 is 89.5. The molecule has 0 fully saturated rings. The standard InChI is InChI=1S/C13H10F5N3O2S/c1-6-5-9(10-7(14)3-2-4-8(10)15)21-11(6)19-12(20-21)24(22,23)13(16,17)18/h2-4,6,9H,5H2,1H3/t6-,9-/m0/s1. The zero-order chi connectivity index (χ0) is 17.9. The Labute approximate surface area is 133 Å². The van der Waals surface area contributed by atoms with Crippen LogP contribution < -0.4 is 0 Å². The maximum absolute atomic E-state index is 14.0. The monoisotopic (exact) mass is 367 g/mol. The van der Waals surface area contributed by atoms with Crippen molar-refractivity contribution in [3.05, 3.63) is 41.2 Å². The van der Waals surface area contributed by atoms with E-state index in [1.165, 1.54) is 0 Å². The van der Waals surface area contributed by atoms with Crippen molar-refractivity contribution in [3.8, 4) is 0 Å². The number of hydrogen-bond donors (Lipinski definition) is 0. The van der Waals surface area contributed by atoms with Crippen molar-refractivity contribution >= 4 is 9.84 Å². The Bertz CT molecular complexity index is 887. The van der Waals surface area contributed by atoms with Crippen molar-refractivity contribution in [2.24, 2.45) is 0 Å². The molecule has 0 N–H and O–H groups in total. The van der Waals surface area contributed by atoms with Crippen LogP contribution in [-0.2, 0) is 9.84 Å². The second-order valence-corrected chi connectivity index (χ2v) is 7.27. The fourth-order valence-electron chi connectivity index (χ4n) is 2.71. The highest BCUT2D eigenvalue weighted by atomic mass is 32.2. The van der Waals surface area contributed by atoms with E-state index >= 15 is 0 Å². The van der Waals surface area contributed by atoms with Crippen LogP contribution in [0.15, 0.2) is 23.4 Å². The highest BCUT2D eigenvalue weighted by Crippen LogP contribution is 2.41. The molecular weight excluding hydrogens is 357 g/mol. The smallest absolute Gasteiger partial charge is 0.241 e. The summed E-state index contributed by atoms with van der Waals surface area (Å²) in [5.74, 6) is -2.37. The molecule has 0 radical (unpaired) electrons. The van der Waals surface area contributed by atoms with Crippen molar-refractivity contribution in [3.63, 3.8) is 0 Å². The van der Waals surface area contributed by atoms with Crippen LogP contribution in [-0.4, -0.2) is 28.7 Å². The molecule has 1 aromatic carbocycles. The molecule has 0 bridgehead atoms. The minimum atomic E-state index is -5.73. The molecule has 24 heavy (non-hydrogen) atoms. The van der Waals surface area contributed by atoms with E-state index in [4.69, 9.17) is 0 Å². The molecule has 130 valence electrons. The predicted molar refractivity (Wildman–Crippen MR) is 70.8 cm³/mol. The van der Waals surface area contributed by atoms with Gasteiger partial charge >= 0.3 is 15.3 Å². The van der Waals surface area contributed by atoms with E-state index in [1.807, 2.05) is 0 Å². The zero-order valence-electron chi connectivity index (χ0n) is 12.1. The second kappa shape index (κ2) is 5.23. The topological polar surface area (TPSA) is 64.8 Å². The van der Waals surface area contributed by atoms with Crippen LogP contribution in [0.5, 0.6) is 0 Å². The number of halogens is 5. The summed E-state index contributed by atoms with van der Waals surface area (Å²) in [6.45, 7) is 1.56. The lowest BCUT2D eigenvalue weighted by Gasteiger charge is -2.14. The van der Waals surface area contributed by atoms with Crippen molar-refractivity contribution in [2.75, 3.05) is 0 Å². The number of rotatable bonds is 2. The average Bonchev–Trinajstić information content (AvgIpc) is 3.00. The van der Waals surface area contributed by atoms with Crippen molar-refractivity contribution in [1.82, 2.24) is 14.8 Å². The van der Waals surface area contributed by atoms with Gasteiger partial charge in [0.15, 0.2) is 0 Å². The third-order valence-electron chi connectivity index (χ3n) is 3.83. The van der Waals surface area contributed by atoms with Crippen LogP contribution in [0.1, 0.15) is 36.7 Å². The molecule has 5 nitrogen and oxygen atoms in total. The normalized spacial score (nSPS) is 21.1. The third kappa shape index (κ3) is 2.38. The molecule has 0 aliphatic carbocycles. The molecule has 0 amide bonds. The average molecular weight is 367 g/mol. The van der Waals surface area contributed by atoms with Gasteiger partial charge in [0.1, 0.15) is 17.5 Å². The van der Waals surface area contributed by atoms with Gasteiger partial charge in [0.05, 0.1) is 6.04 Å². The Balaban J connectivity index is 2.14. The van der Waals surface area contributed by atoms with E-state index in [0.717, 1.165) is 22.9 Å². The Morgan fingerprint density at radius 2 is 1.79 bits per heavy atom. The van der Waals surface area contributed by atoms with E-state index < -0.39 is 44.1 Å². The lowest BCUT2D eigenvalue weighted by Crippen LogP contribution is -2.25. The lowest BCUT2D eigenvalue weighted by molar-refractivity contribution is -0.0440. The quantitative estimate of drug-likeness (QED) is 0.766. The Kier molecular flexibility index (Phi) is 3.66. The molecule has 3 rings (SSSR count). The van der Waals surface area contributed by atoms with Gasteiger partial charge < -0.3 is 0 Å². The Morgan fingerprint density at radius 1 is 1.21 bits per heavy atom. The minimum absolute atomic E-state index is 0.0644. The number of alkyl halides is 3. The molecule has 2 aromatic rings. The van der Waals surface area contributed by atoms with Gasteiger partial charge in [-0.25, -0.2) is 26.9 Å². The number of aromatic nitrogens is 3. The summed E-state index contributed by atoms with van der Waals surface area (Å²) in [7, 11) is -5.73. The van der Waals surface area contributed by atoms with E-state index in [1.54, 1.807) is 6.92 Å². The maximum Gasteiger partial charge on any atom is 0.505 e. The number of sulfone groups is 1. The van der Waals surface area contributed by atoms with Crippen LogP contribution in [0.2, 0.25) is 0 Å². The summed E-state index contributed by atoms with van der Waals surface area (Å²) >= 11 is 0. The van der Waals surface area contributed by atoms with Crippen LogP contribution >= 0.6 is 0 Å². The maximum atomic E-state index is 14.0. The molecule has 2 atom stereocenters. The van der Waals surface area contributed by atoms with Crippen LogP contribution in [0.25, 0.3) is 0 Å². The fraction of sp³-hybridized carbons (Fsp3) is 0.385. The Morgan fingerprint density at radius 3 is 2.33 bits per heavy atom. The molecule has 11 heteroatoms. The molecule has 2 heterocycles. The van der Waals surface area contributed by atoms with Gasteiger partial charge in [0.2, 0.25) is 0 Å². The second-order valence-electron chi connectivity index (χ2n) is 5.43. The molecule has 1 aliphatic heterocycles. The van der Waals surface area contributed by atoms with Crippen LogP contribution in [0.3, 0.4) is 0 Å². The van der Waals surface area contributed by atoms with Crippen LogP contribution in [0, 0.1) is 11.6 Å². The minimum Gasteiger partial charge on any atom is -0.241 e. The van der Waals surface area contributed by atoms with E-state index in [2.05, 4.69) is 10.1 Å². The van der Waals surface area contributed by atoms with Crippen molar-refractivity contribution in [1.29, 1.82) is 0 Å². The highest BCUT2D eigenvalue weighted by Gasteiger charge is 2.51. The molecular formula is C13H10F5N3O2S. The molecule has 0 saturated carbocycles. The first-order valence-corrected chi connectivity index (χ1v) is 8.24. The van der Waals surface area contributed by atoms with Gasteiger partial charge in [-0.1, -0.05) is 13.0 Å². The molecule has 1 aromatic heterocycles. The summed E-state index contributed by atoms with van der Waals surface area (Å²) in [6.07, 6.45) is 0.138. The van der Waals surface area contributed by atoms with Gasteiger partial charge in [-0.2, -0.15) is 13.2 Å². The first-order valence-electron chi connectivity index (χ1n) is 6.75. The van der Waals surface area contributed by atoms with Gasteiger partial charge in [-0.15, -0.1) is 5.10 Å². The van der Waals surface area contributed by atoms with Gasteiger partial charge in [0.25, 0.3) is 5.16 Å². The van der Waals surface area contributed by atoms with Gasteiger partial charge in [0, 0.05) is 11.5 Å². The van der Waals surface area contributed by atoms with Gasteiger partial charge in [-0.3, -0.25) is 0 Å². The number of nitrogens with zero attached hydrogens (tertiary/aromatic N) is 3. The van der Waals surface area contributed by atoms with Crippen molar-refractivity contribution in [2.45, 2.75) is 36.0 Å². The molecule has 1 aliphatic rings. The summed E-state index contributed by atoms with van der Waals surface area (Å²) in [4.78, 5) is 3.44. The number of benzene rings is 1. The molecule has 0 spiro atoms. The summed E-state index contributed by atoms with van der Waals surface area (Å²) in [5, 5.41) is 1.97. The largest absolute Gasteiger partial charge is 0.505 e. The summed E-state index contributed by atoms with van der Waals surface area (Å²) in [5.41, 5.74) is -5.94. The number of fused-ring (bicyclic) bond motifs is 1. The first-order chi connectivity index (χ1) is 11.0. The SMILES string of the molecule is C[C@H]1C[C@@H](c2c(F)cccc2F)n2nc(S(=O)(=O)C(F)(F)F)nc21. The zero-order valence-corrected chi connectivity index (χ0v) is 12.9. The number of hydrogen-bond acceptors (Lipinski definition) is 4. The van der Waals surface area contributed by atoms with E-state index in [0.29, 0.717) is 0 Å². The van der Waals surface area contributed by atoms with E-state index in [-0.39, 0.29) is 17.8 Å². The van der Waals surface area contributed by atoms with Crippen LogP contribution in [0.4, 0.5) is 22.0 Å². The third-order valence-corrected chi connectivity index (χ3v) is 5.09. The Hall–Kier alpha value is -2.04.